The summed E-state index contributed by atoms with van der Waals surface area (Å²) in [5.74, 6) is 0.436. The second kappa shape index (κ2) is 5.08. The Morgan fingerprint density at radius 1 is 1.36 bits per heavy atom. The van der Waals surface area contributed by atoms with Crippen LogP contribution in [0.2, 0.25) is 0 Å². The first-order chi connectivity index (χ1) is 6.72. The number of hydrogen-bond donors (Lipinski definition) is 4. The maximum absolute atomic E-state index is 9.01. The third kappa shape index (κ3) is 3.32. The van der Waals surface area contributed by atoms with Gasteiger partial charge in [0.1, 0.15) is 5.75 Å². The topological polar surface area (TPSA) is 90.9 Å². The number of aliphatic hydroxyl groups excluding tert-OH is 1. The monoisotopic (exact) mass is 195 g/mol. The number of hydrogen-bond acceptors (Lipinski definition) is 3. The van der Waals surface area contributed by atoms with Crippen LogP contribution in [0.3, 0.4) is 0 Å². The molecule has 0 unspecified atom stereocenters. The zero-order chi connectivity index (χ0) is 10.4. The molecule has 5 nitrogen and oxygen atoms in total. The molecule has 0 aromatic heterocycles. The van der Waals surface area contributed by atoms with E-state index in [1.165, 1.54) is 0 Å². The van der Waals surface area contributed by atoms with Gasteiger partial charge in [-0.05, 0) is 24.3 Å². The van der Waals surface area contributed by atoms with Gasteiger partial charge in [0.25, 0.3) is 0 Å². The molecule has 0 saturated heterocycles. The van der Waals surface area contributed by atoms with Crippen molar-refractivity contribution in [2.75, 3.05) is 18.5 Å². The molecule has 0 aliphatic carbocycles. The van der Waals surface area contributed by atoms with E-state index in [0.717, 1.165) is 5.69 Å². The molecule has 5 heteroatoms. The van der Waals surface area contributed by atoms with Gasteiger partial charge in [-0.1, -0.05) is 0 Å². The van der Waals surface area contributed by atoms with Crippen molar-refractivity contribution in [3.05, 3.63) is 24.3 Å². The maximum Gasteiger partial charge on any atom is 0.193 e. The quantitative estimate of drug-likeness (QED) is 0.313. The standard InChI is InChI=1S/C9H13N3O2/c10-9(11-5-6-13)12-7-1-3-8(14)4-2-7/h1-4,13-14H,5-6H2,(H3,10,11,12). The third-order valence-corrected chi connectivity index (χ3v) is 1.52. The number of rotatable bonds is 3. The number of guanidine groups is 1. The summed E-state index contributed by atoms with van der Waals surface area (Å²) in [5.41, 5.74) is 6.23. The normalized spacial score (nSPS) is 11.4. The van der Waals surface area contributed by atoms with Crippen LogP contribution >= 0.6 is 0 Å². The first-order valence-corrected chi connectivity index (χ1v) is 4.19. The molecule has 14 heavy (non-hydrogen) atoms. The molecule has 76 valence electrons. The lowest BCUT2D eigenvalue weighted by atomic mass is 10.3. The molecule has 5 N–H and O–H groups in total. The van der Waals surface area contributed by atoms with Crippen molar-refractivity contribution >= 4 is 11.6 Å². The van der Waals surface area contributed by atoms with Crippen molar-refractivity contribution in [2.24, 2.45) is 10.7 Å². The highest BCUT2D eigenvalue weighted by molar-refractivity contribution is 5.92. The summed E-state index contributed by atoms with van der Waals surface area (Å²) in [5, 5.41) is 20.3. The molecule has 0 aliphatic heterocycles. The van der Waals surface area contributed by atoms with E-state index in [2.05, 4.69) is 10.3 Å². The van der Waals surface area contributed by atoms with E-state index in [-0.39, 0.29) is 24.9 Å². The number of phenolic OH excluding ortho intramolecular Hbond substituents is 1. The summed E-state index contributed by atoms with van der Waals surface area (Å²) in [4.78, 5) is 3.83. The van der Waals surface area contributed by atoms with Gasteiger partial charge in [0, 0.05) is 5.69 Å². The smallest absolute Gasteiger partial charge is 0.193 e. The highest BCUT2D eigenvalue weighted by Gasteiger charge is 1.94. The molecule has 0 atom stereocenters. The van der Waals surface area contributed by atoms with Crippen LogP contribution in [0.1, 0.15) is 0 Å². The third-order valence-electron chi connectivity index (χ3n) is 1.52. The zero-order valence-corrected chi connectivity index (χ0v) is 7.64. The highest BCUT2D eigenvalue weighted by Crippen LogP contribution is 2.12. The largest absolute Gasteiger partial charge is 0.508 e. The Hall–Kier alpha value is -1.75. The Bertz CT molecular complexity index is 308. The molecule has 0 bridgehead atoms. The minimum absolute atomic E-state index is 0.0298. The fourth-order valence-corrected chi connectivity index (χ4v) is 0.903. The number of aliphatic imine (C=N–C) groups is 1. The number of nitrogens with zero attached hydrogens (tertiary/aromatic N) is 1. The first kappa shape index (κ1) is 10.3. The fraction of sp³-hybridized carbons (Fsp3) is 0.222. The minimum Gasteiger partial charge on any atom is -0.508 e. The number of benzene rings is 1. The van der Waals surface area contributed by atoms with Crippen molar-refractivity contribution < 1.29 is 10.2 Å². The van der Waals surface area contributed by atoms with Crippen molar-refractivity contribution in [1.82, 2.24) is 0 Å². The van der Waals surface area contributed by atoms with Gasteiger partial charge in [0.15, 0.2) is 5.96 Å². The highest BCUT2D eigenvalue weighted by atomic mass is 16.3. The van der Waals surface area contributed by atoms with Crippen molar-refractivity contribution in [3.8, 4) is 5.75 Å². The summed E-state index contributed by atoms with van der Waals surface area (Å²) in [6.45, 7) is 0.245. The molecular formula is C9H13N3O2. The van der Waals surface area contributed by atoms with Crippen molar-refractivity contribution in [3.63, 3.8) is 0 Å². The summed E-state index contributed by atoms with van der Waals surface area (Å²) in [7, 11) is 0. The zero-order valence-electron chi connectivity index (χ0n) is 7.64. The predicted molar refractivity (Wildman–Crippen MR) is 55.3 cm³/mol. The van der Waals surface area contributed by atoms with Crippen LogP contribution < -0.4 is 11.1 Å². The number of anilines is 1. The van der Waals surface area contributed by atoms with E-state index in [0.29, 0.717) is 0 Å². The van der Waals surface area contributed by atoms with E-state index in [1.54, 1.807) is 24.3 Å². The van der Waals surface area contributed by atoms with Gasteiger partial charge in [0.2, 0.25) is 0 Å². The van der Waals surface area contributed by atoms with Gasteiger partial charge in [-0.2, -0.15) is 0 Å². The minimum atomic E-state index is -0.0298. The molecule has 0 radical (unpaired) electrons. The average molecular weight is 195 g/mol. The van der Waals surface area contributed by atoms with Gasteiger partial charge in [-0.25, -0.2) is 0 Å². The van der Waals surface area contributed by atoms with Crippen LogP contribution in [0.5, 0.6) is 5.75 Å². The summed E-state index contributed by atoms with van der Waals surface area (Å²) < 4.78 is 0. The number of phenols is 1. The van der Waals surface area contributed by atoms with E-state index in [4.69, 9.17) is 15.9 Å². The average Bonchev–Trinajstić information content (AvgIpc) is 2.18. The lowest BCUT2D eigenvalue weighted by Crippen LogP contribution is -2.23. The van der Waals surface area contributed by atoms with Crippen LogP contribution in [0.4, 0.5) is 5.69 Å². The molecule has 0 fully saturated rings. The Morgan fingerprint density at radius 2 is 2.00 bits per heavy atom. The van der Waals surface area contributed by atoms with Gasteiger partial charge in [-0.3, -0.25) is 4.99 Å². The first-order valence-electron chi connectivity index (χ1n) is 4.19. The fourth-order valence-electron chi connectivity index (χ4n) is 0.903. The Morgan fingerprint density at radius 3 is 2.57 bits per heavy atom. The van der Waals surface area contributed by atoms with Crippen LogP contribution in [0.25, 0.3) is 0 Å². The Labute approximate surface area is 81.9 Å². The van der Waals surface area contributed by atoms with Gasteiger partial charge in [0.05, 0.1) is 13.2 Å². The molecule has 0 heterocycles. The summed E-state index contributed by atoms with van der Waals surface area (Å²) in [6.07, 6.45) is 0. The van der Waals surface area contributed by atoms with Crippen LogP contribution in [-0.4, -0.2) is 29.3 Å². The van der Waals surface area contributed by atoms with Crippen LogP contribution in [0, 0.1) is 0 Å². The molecule has 0 spiro atoms. The predicted octanol–water partition coefficient (Wildman–Crippen LogP) is 0.111. The maximum atomic E-state index is 9.01. The number of nitrogens with two attached hydrogens (primary N) is 1. The number of aromatic hydroxyl groups is 1. The lowest BCUT2D eigenvalue weighted by molar-refractivity contribution is 0.307. The van der Waals surface area contributed by atoms with E-state index in [9.17, 15) is 0 Å². The summed E-state index contributed by atoms with van der Waals surface area (Å²) in [6, 6.07) is 6.44. The SMILES string of the molecule is NC(=NCCO)Nc1ccc(O)cc1. The van der Waals surface area contributed by atoms with Gasteiger partial charge < -0.3 is 21.3 Å². The number of aliphatic hydroxyl groups is 1. The second-order valence-corrected chi connectivity index (χ2v) is 2.66. The summed E-state index contributed by atoms with van der Waals surface area (Å²) >= 11 is 0. The molecule has 0 saturated carbocycles. The molecule has 1 rings (SSSR count). The molecule has 0 aliphatic rings. The van der Waals surface area contributed by atoms with Crippen LogP contribution in [0.15, 0.2) is 29.3 Å². The molecular weight excluding hydrogens is 182 g/mol. The van der Waals surface area contributed by atoms with E-state index < -0.39 is 0 Å². The van der Waals surface area contributed by atoms with E-state index in [1.807, 2.05) is 0 Å². The van der Waals surface area contributed by atoms with Crippen LogP contribution in [-0.2, 0) is 0 Å². The molecule has 0 amide bonds. The lowest BCUT2D eigenvalue weighted by Gasteiger charge is -2.04. The number of nitrogens with one attached hydrogen (secondary N) is 1. The molecule has 1 aromatic carbocycles. The van der Waals surface area contributed by atoms with Gasteiger partial charge >= 0.3 is 0 Å². The van der Waals surface area contributed by atoms with Crippen molar-refractivity contribution in [1.29, 1.82) is 0 Å². The van der Waals surface area contributed by atoms with E-state index >= 15 is 0 Å². The Kier molecular flexibility index (Phi) is 3.75. The molecule has 1 aromatic rings. The second-order valence-electron chi connectivity index (χ2n) is 2.66. The van der Waals surface area contributed by atoms with Gasteiger partial charge in [-0.15, -0.1) is 0 Å². The van der Waals surface area contributed by atoms with Crippen molar-refractivity contribution in [2.45, 2.75) is 0 Å². The Balaban J connectivity index is 2.56.